The van der Waals surface area contributed by atoms with E-state index in [9.17, 15) is 4.79 Å². The fourth-order valence-electron chi connectivity index (χ4n) is 3.13. The van der Waals surface area contributed by atoms with Gasteiger partial charge in [0, 0.05) is 39.7 Å². The van der Waals surface area contributed by atoms with Crippen LogP contribution in [0.3, 0.4) is 0 Å². The molecule has 2 aliphatic heterocycles. The normalized spacial score (nSPS) is 17.5. The van der Waals surface area contributed by atoms with Crippen molar-refractivity contribution in [1.29, 1.82) is 0 Å². The minimum Gasteiger partial charge on any atom is -0.471 e. The van der Waals surface area contributed by atoms with E-state index in [4.69, 9.17) is 14.2 Å². The number of carbonyl (C=O) groups is 1. The standard InChI is InChI=1S/C19H23N5O4/c1-23(2)17-5-6-18(22-21-17)28-14-7-8-24(11-14)19(25)20-10-13-3-4-15-16(9-13)27-12-26-15/h3-6,9,14H,7-8,10-12H2,1-2H3,(H,20,25). The molecule has 0 spiro atoms. The number of urea groups is 1. The van der Waals surface area contributed by atoms with E-state index in [1.54, 1.807) is 11.0 Å². The summed E-state index contributed by atoms with van der Waals surface area (Å²) in [5.74, 6) is 2.68. The molecule has 9 heteroatoms. The summed E-state index contributed by atoms with van der Waals surface area (Å²) in [6, 6.07) is 9.19. The van der Waals surface area contributed by atoms with Crippen LogP contribution in [-0.2, 0) is 6.54 Å². The third kappa shape index (κ3) is 4.03. The average molecular weight is 385 g/mol. The van der Waals surface area contributed by atoms with Crippen LogP contribution in [0.4, 0.5) is 10.6 Å². The van der Waals surface area contributed by atoms with E-state index in [2.05, 4.69) is 15.5 Å². The first-order chi connectivity index (χ1) is 13.6. The first kappa shape index (κ1) is 18.1. The van der Waals surface area contributed by atoms with Crippen LogP contribution in [0, 0.1) is 0 Å². The number of fused-ring (bicyclic) bond motifs is 1. The van der Waals surface area contributed by atoms with Crippen molar-refractivity contribution in [2.75, 3.05) is 38.9 Å². The molecule has 0 bridgehead atoms. The van der Waals surface area contributed by atoms with Crippen LogP contribution in [0.2, 0.25) is 0 Å². The van der Waals surface area contributed by atoms with Crippen LogP contribution >= 0.6 is 0 Å². The highest BCUT2D eigenvalue weighted by Crippen LogP contribution is 2.32. The van der Waals surface area contributed by atoms with Gasteiger partial charge >= 0.3 is 6.03 Å². The van der Waals surface area contributed by atoms with Crippen LogP contribution in [0.15, 0.2) is 30.3 Å². The number of anilines is 1. The molecule has 1 unspecified atom stereocenters. The second-order valence-corrected chi connectivity index (χ2v) is 6.95. The Morgan fingerprint density at radius 2 is 2.11 bits per heavy atom. The molecule has 148 valence electrons. The van der Waals surface area contributed by atoms with E-state index in [1.165, 1.54) is 0 Å². The van der Waals surface area contributed by atoms with E-state index in [1.807, 2.05) is 43.3 Å². The summed E-state index contributed by atoms with van der Waals surface area (Å²) in [4.78, 5) is 16.1. The van der Waals surface area contributed by atoms with Crippen molar-refractivity contribution in [3.05, 3.63) is 35.9 Å². The zero-order valence-corrected chi connectivity index (χ0v) is 15.9. The topological polar surface area (TPSA) is 89.1 Å². The number of amides is 2. The molecule has 2 aliphatic rings. The number of ether oxygens (including phenoxy) is 3. The van der Waals surface area contributed by atoms with Crippen molar-refractivity contribution in [1.82, 2.24) is 20.4 Å². The molecule has 28 heavy (non-hydrogen) atoms. The van der Waals surface area contributed by atoms with E-state index in [-0.39, 0.29) is 18.9 Å². The minimum atomic E-state index is -0.113. The van der Waals surface area contributed by atoms with Crippen LogP contribution in [0.5, 0.6) is 17.4 Å². The van der Waals surface area contributed by atoms with Gasteiger partial charge in [-0.2, -0.15) is 0 Å². The van der Waals surface area contributed by atoms with Gasteiger partial charge in [-0.15, -0.1) is 10.2 Å². The van der Waals surface area contributed by atoms with Crippen molar-refractivity contribution < 1.29 is 19.0 Å². The average Bonchev–Trinajstić information content (AvgIpc) is 3.35. The second kappa shape index (κ2) is 7.79. The summed E-state index contributed by atoms with van der Waals surface area (Å²) in [5.41, 5.74) is 0.959. The lowest BCUT2D eigenvalue weighted by atomic mass is 10.2. The van der Waals surface area contributed by atoms with Gasteiger partial charge in [0.05, 0.1) is 6.54 Å². The molecule has 2 amide bonds. The number of hydrogen-bond acceptors (Lipinski definition) is 7. The third-order valence-electron chi connectivity index (χ3n) is 4.68. The fraction of sp³-hybridized carbons (Fsp3) is 0.421. The van der Waals surface area contributed by atoms with Gasteiger partial charge < -0.3 is 29.3 Å². The number of hydrogen-bond donors (Lipinski definition) is 1. The van der Waals surface area contributed by atoms with Gasteiger partial charge in [-0.25, -0.2) is 4.79 Å². The Hall–Kier alpha value is -3.23. The molecular weight excluding hydrogens is 362 g/mol. The number of rotatable bonds is 5. The fourth-order valence-corrected chi connectivity index (χ4v) is 3.13. The maximum Gasteiger partial charge on any atom is 0.317 e. The summed E-state index contributed by atoms with van der Waals surface area (Å²) >= 11 is 0. The Bertz CT molecular complexity index is 843. The first-order valence-corrected chi connectivity index (χ1v) is 9.17. The molecule has 9 nitrogen and oxygen atoms in total. The maximum absolute atomic E-state index is 12.4. The Morgan fingerprint density at radius 3 is 2.89 bits per heavy atom. The van der Waals surface area contributed by atoms with Crippen molar-refractivity contribution in [2.45, 2.75) is 19.1 Å². The maximum atomic E-state index is 12.4. The molecule has 1 aromatic carbocycles. The first-order valence-electron chi connectivity index (χ1n) is 9.17. The van der Waals surface area contributed by atoms with Gasteiger partial charge in [0.25, 0.3) is 0 Å². The molecule has 0 aliphatic carbocycles. The molecule has 2 aromatic rings. The molecule has 1 fully saturated rings. The lowest BCUT2D eigenvalue weighted by Gasteiger charge is -2.18. The van der Waals surface area contributed by atoms with Crippen LogP contribution < -0.4 is 24.4 Å². The SMILES string of the molecule is CN(C)c1ccc(OC2CCN(C(=O)NCc3ccc4c(c3)OCO4)C2)nn1. The Balaban J connectivity index is 1.26. The zero-order chi connectivity index (χ0) is 19.5. The molecule has 4 rings (SSSR count). The minimum absolute atomic E-state index is 0.0872. The van der Waals surface area contributed by atoms with E-state index < -0.39 is 0 Å². The van der Waals surface area contributed by atoms with Gasteiger partial charge in [-0.3, -0.25) is 0 Å². The van der Waals surface area contributed by atoms with E-state index in [0.29, 0.717) is 31.3 Å². The molecule has 1 N–H and O–H groups in total. The predicted octanol–water partition coefficient (Wildman–Crippen LogP) is 1.63. The molecule has 3 heterocycles. The number of benzene rings is 1. The quantitative estimate of drug-likeness (QED) is 0.837. The molecule has 1 aromatic heterocycles. The third-order valence-corrected chi connectivity index (χ3v) is 4.68. The van der Waals surface area contributed by atoms with Crippen molar-refractivity contribution in [3.8, 4) is 17.4 Å². The summed E-state index contributed by atoms with van der Waals surface area (Å²) in [5, 5.41) is 11.1. The number of nitrogens with one attached hydrogen (secondary N) is 1. The van der Waals surface area contributed by atoms with Crippen LogP contribution in [0.25, 0.3) is 0 Å². The Morgan fingerprint density at radius 1 is 1.25 bits per heavy atom. The lowest BCUT2D eigenvalue weighted by molar-refractivity contribution is 0.174. The molecule has 0 saturated carbocycles. The number of nitrogens with zero attached hydrogens (tertiary/aromatic N) is 4. The second-order valence-electron chi connectivity index (χ2n) is 6.95. The molecule has 1 atom stereocenters. The summed E-state index contributed by atoms with van der Waals surface area (Å²) in [6.45, 7) is 1.82. The summed E-state index contributed by atoms with van der Waals surface area (Å²) < 4.78 is 16.5. The van der Waals surface area contributed by atoms with Gasteiger partial charge in [0.1, 0.15) is 6.10 Å². The van der Waals surface area contributed by atoms with Crippen molar-refractivity contribution in [3.63, 3.8) is 0 Å². The Kier molecular flexibility index (Phi) is 5.05. The van der Waals surface area contributed by atoms with E-state index >= 15 is 0 Å². The van der Waals surface area contributed by atoms with Crippen molar-refractivity contribution >= 4 is 11.8 Å². The van der Waals surface area contributed by atoms with Gasteiger partial charge in [0.15, 0.2) is 17.3 Å². The number of carbonyl (C=O) groups excluding carboxylic acids is 1. The highest BCUT2D eigenvalue weighted by Gasteiger charge is 2.28. The Labute approximate surface area is 163 Å². The highest BCUT2D eigenvalue weighted by atomic mass is 16.7. The highest BCUT2D eigenvalue weighted by molar-refractivity contribution is 5.74. The molecule has 0 radical (unpaired) electrons. The van der Waals surface area contributed by atoms with E-state index in [0.717, 1.165) is 23.6 Å². The van der Waals surface area contributed by atoms with Crippen molar-refractivity contribution in [2.24, 2.45) is 0 Å². The summed E-state index contributed by atoms with van der Waals surface area (Å²) in [6.07, 6.45) is 0.671. The van der Waals surface area contributed by atoms with Crippen LogP contribution in [0.1, 0.15) is 12.0 Å². The number of likely N-dealkylation sites (tertiary alicyclic amines) is 1. The van der Waals surface area contributed by atoms with Gasteiger partial charge in [0.2, 0.25) is 12.7 Å². The number of aromatic nitrogens is 2. The smallest absolute Gasteiger partial charge is 0.317 e. The van der Waals surface area contributed by atoms with Gasteiger partial charge in [-0.05, 0) is 23.8 Å². The van der Waals surface area contributed by atoms with Gasteiger partial charge in [-0.1, -0.05) is 6.07 Å². The molecular formula is C19H23N5O4. The monoisotopic (exact) mass is 385 g/mol. The predicted molar refractivity (Wildman–Crippen MR) is 102 cm³/mol. The zero-order valence-electron chi connectivity index (χ0n) is 15.9. The lowest BCUT2D eigenvalue weighted by Crippen LogP contribution is -2.39. The summed E-state index contributed by atoms with van der Waals surface area (Å²) in [7, 11) is 3.81. The largest absolute Gasteiger partial charge is 0.471 e. The molecule has 1 saturated heterocycles. The van der Waals surface area contributed by atoms with Crippen LogP contribution in [-0.4, -0.2) is 61.2 Å².